The van der Waals surface area contributed by atoms with Gasteiger partial charge in [0.2, 0.25) is 0 Å². The Hall–Kier alpha value is -1.14. The molecule has 1 aromatic carbocycles. The zero-order chi connectivity index (χ0) is 14.5. The number of aromatic nitrogens is 1. The van der Waals surface area contributed by atoms with E-state index in [-0.39, 0.29) is 12.5 Å². The van der Waals surface area contributed by atoms with Crippen LogP contribution in [0.1, 0.15) is 10.4 Å². The fraction of sp³-hybridized carbons (Fsp3) is 0.231. The van der Waals surface area contributed by atoms with Crippen molar-refractivity contribution in [2.75, 3.05) is 19.0 Å². The normalized spacial score (nSPS) is 10.6. The summed E-state index contributed by atoms with van der Waals surface area (Å²) < 4.78 is 4.74. The van der Waals surface area contributed by atoms with Gasteiger partial charge in [-0.05, 0) is 23.8 Å². The largest absolute Gasteiger partial charge is 0.375 e. The number of thiazole rings is 1. The molecular formula is C13H12Cl2N2O2S. The first-order valence-corrected chi connectivity index (χ1v) is 7.33. The Kier molecular flexibility index (Phi) is 5.37. The van der Waals surface area contributed by atoms with Crippen molar-refractivity contribution in [1.29, 1.82) is 0 Å². The number of carbonyl (C=O) groups is 1. The molecule has 0 saturated heterocycles. The number of rotatable bonds is 5. The van der Waals surface area contributed by atoms with Crippen molar-refractivity contribution in [3.05, 3.63) is 44.9 Å². The van der Waals surface area contributed by atoms with E-state index >= 15 is 0 Å². The zero-order valence-corrected chi connectivity index (χ0v) is 13.0. The molecule has 2 rings (SSSR count). The van der Waals surface area contributed by atoms with E-state index < -0.39 is 0 Å². The maximum Gasteiger partial charge on any atom is 0.252 e. The second-order valence-corrected chi connectivity index (χ2v) is 5.98. The summed E-state index contributed by atoms with van der Waals surface area (Å²) in [5.41, 5.74) is 0.928. The lowest BCUT2D eigenvalue weighted by molar-refractivity contribution is -0.119. The number of hydrogen-bond donors (Lipinski definition) is 1. The van der Waals surface area contributed by atoms with Crippen LogP contribution in [-0.2, 0) is 16.0 Å². The fourth-order valence-corrected chi connectivity index (χ4v) is 2.83. The number of carbonyl (C=O) groups excluding carboxylic acids is 1. The summed E-state index contributed by atoms with van der Waals surface area (Å²) in [5, 5.41) is 4.50. The molecule has 1 N–H and O–H groups in total. The van der Waals surface area contributed by atoms with E-state index in [4.69, 9.17) is 27.9 Å². The van der Waals surface area contributed by atoms with Gasteiger partial charge < -0.3 is 4.74 Å². The highest BCUT2D eigenvalue weighted by molar-refractivity contribution is 7.15. The van der Waals surface area contributed by atoms with E-state index in [1.54, 1.807) is 18.3 Å². The monoisotopic (exact) mass is 330 g/mol. The Balaban J connectivity index is 2.06. The SMILES string of the molecule is COCC(=O)Nc1ncc(Cc2cc(Cl)ccc2Cl)s1. The summed E-state index contributed by atoms with van der Waals surface area (Å²) in [6, 6.07) is 5.34. The second-order valence-electron chi connectivity index (χ2n) is 4.03. The summed E-state index contributed by atoms with van der Waals surface area (Å²) in [7, 11) is 1.47. The minimum Gasteiger partial charge on any atom is -0.375 e. The van der Waals surface area contributed by atoms with Crippen LogP contribution in [0.5, 0.6) is 0 Å². The van der Waals surface area contributed by atoms with E-state index in [0.717, 1.165) is 10.4 Å². The van der Waals surface area contributed by atoms with Crippen molar-refractivity contribution < 1.29 is 9.53 Å². The van der Waals surface area contributed by atoms with Gasteiger partial charge in [-0.1, -0.05) is 23.2 Å². The molecule has 0 aliphatic carbocycles. The Morgan fingerprint density at radius 1 is 1.45 bits per heavy atom. The third-order valence-corrected chi connectivity index (χ3v) is 3.96. The van der Waals surface area contributed by atoms with Gasteiger partial charge in [0.1, 0.15) is 6.61 Å². The Labute approximate surface area is 130 Å². The van der Waals surface area contributed by atoms with Crippen molar-refractivity contribution in [2.45, 2.75) is 6.42 Å². The smallest absolute Gasteiger partial charge is 0.252 e. The standard InChI is InChI=1S/C13H12Cl2N2O2S/c1-19-7-12(18)17-13-16-6-10(20-13)5-8-4-9(14)2-3-11(8)15/h2-4,6H,5,7H2,1H3,(H,16,17,18). The number of benzene rings is 1. The van der Waals surface area contributed by atoms with Crippen LogP contribution in [0.3, 0.4) is 0 Å². The van der Waals surface area contributed by atoms with Crippen LogP contribution in [0.4, 0.5) is 5.13 Å². The quantitative estimate of drug-likeness (QED) is 0.910. The number of halogens is 2. The number of ether oxygens (including phenoxy) is 1. The van der Waals surface area contributed by atoms with Crippen LogP contribution in [0, 0.1) is 0 Å². The lowest BCUT2D eigenvalue weighted by atomic mass is 10.1. The molecule has 0 aliphatic heterocycles. The third-order valence-electron chi connectivity index (χ3n) is 2.45. The molecule has 1 amide bonds. The van der Waals surface area contributed by atoms with E-state index in [1.165, 1.54) is 18.4 Å². The molecule has 4 nitrogen and oxygen atoms in total. The lowest BCUT2D eigenvalue weighted by Crippen LogP contribution is -2.16. The molecule has 0 bridgehead atoms. The summed E-state index contributed by atoms with van der Waals surface area (Å²) in [6.45, 7) is 0.00896. The second kappa shape index (κ2) is 7.04. The molecule has 106 valence electrons. The van der Waals surface area contributed by atoms with E-state index in [0.29, 0.717) is 21.6 Å². The average molecular weight is 331 g/mol. The van der Waals surface area contributed by atoms with Crippen molar-refractivity contribution in [1.82, 2.24) is 4.98 Å². The number of nitrogens with zero attached hydrogens (tertiary/aromatic N) is 1. The average Bonchev–Trinajstić information content (AvgIpc) is 2.81. The first kappa shape index (κ1) is 15.3. The molecule has 1 heterocycles. The maximum absolute atomic E-state index is 11.4. The molecule has 7 heteroatoms. The van der Waals surface area contributed by atoms with Crippen LogP contribution in [0.2, 0.25) is 10.0 Å². The lowest BCUT2D eigenvalue weighted by Gasteiger charge is -2.02. The molecule has 20 heavy (non-hydrogen) atoms. The molecule has 0 spiro atoms. The highest BCUT2D eigenvalue weighted by Crippen LogP contribution is 2.26. The number of anilines is 1. The van der Waals surface area contributed by atoms with Crippen LogP contribution in [0.15, 0.2) is 24.4 Å². The first-order chi connectivity index (χ1) is 9.58. The van der Waals surface area contributed by atoms with E-state index in [2.05, 4.69) is 10.3 Å². The molecule has 0 saturated carbocycles. The van der Waals surface area contributed by atoms with Gasteiger partial charge in [0, 0.05) is 34.6 Å². The van der Waals surface area contributed by atoms with Crippen LogP contribution < -0.4 is 5.32 Å². The van der Waals surface area contributed by atoms with Gasteiger partial charge in [0.05, 0.1) is 0 Å². The number of nitrogens with one attached hydrogen (secondary N) is 1. The van der Waals surface area contributed by atoms with E-state index in [1.807, 2.05) is 6.07 Å². The van der Waals surface area contributed by atoms with Crippen molar-refractivity contribution in [2.24, 2.45) is 0 Å². The molecule has 0 unspecified atom stereocenters. The minimum absolute atomic E-state index is 0.00896. The topological polar surface area (TPSA) is 51.2 Å². The van der Waals surface area contributed by atoms with Crippen molar-refractivity contribution in [3.63, 3.8) is 0 Å². The predicted molar refractivity (Wildman–Crippen MR) is 81.9 cm³/mol. The molecular weight excluding hydrogens is 319 g/mol. The van der Waals surface area contributed by atoms with Crippen LogP contribution in [-0.4, -0.2) is 24.6 Å². The van der Waals surface area contributed by atoms with Crippen LogP contribution in [0.25, 0.3) is 0 Å². The highest BCUT2D eigenvalue weighted by Gasteiger charge is 2.09. The minimum atomic E-state index is -0.228. The predicted octanol–water partition coefficient (Wildman–Crippen LogP) is 3.63. The molecule has 2 aromatic rings. The number of amides is 1. The number of methoxy groups -OCH3 is 1. The maximum atomic E-state index is 11.4. The molecule has 0 atom stereocenters. The van der Waals surface area contributed by atoms with Crippen molar-refractivity contribution >= 4 is 45.6 Å². The van der Waals surface area contributed by atoms with Gasteiger partial charge in [-0.15, -0.1) is 11.3 Å². The van der Waals surface area contributed by atoms with Crippen LogP contribution >= 0.6 is 34.5 Å². The van der Waals surface area contributed by atoms with Gasteiger partial charge in [0.15, 0.2) is 5.13 Å². The highest BCUT2D eigenvalue weighted by atomic mass is 35.5. The summed E-state index contributed by atoms with van der Waals surface area (Å²) in [6.07, 6.45) is 2.33. The van der Waals surface area contributed by atoms with Crippen molar-refractivity contribution in [3.8, 4) is 0 Å². The number of hydrogen-bond acceptors (Lipinski definition) is 4. The Bertz CT molecular complexity index is 616. The van der Waals surface area contributed by atoms with Gasteiger partial charge in [-0.2, -0.15) is 0 Å². The fourth-order valence-electron chi connectivity index (χ4n) is 1.60. The summed E-state index contributed by atoms with van der Waals surface area (Å²) >= 11 is 13.5. The van der Waals surface area contributed by atoms with Gasteiger partial charge >= 0.3 is 0 Å². The molecule has 0 aliphatic rings. The summed E-state index contributed by atoms with van der Waals surface area (Å²) in [4.78, 5) is 16.5. The Morgan fingerprint density at radius 3 is 3.00 bits per heavy atom. The van der Waals surface area contributed by atoms with Gasteiger partial charge in [-0.3, -0.25) is 10.1 Å². The van der Waals surface area contributed by atoms with E-state index in [9.17, 15) is 4.79 Å². The van der Waals surface area contributed by atoms with Gasteiger partial charge in [-0.25, -0.2) is 4.98 Å². The molecule has 0 fully saturated rings. The molecule has 1 aromatic heterocycles. The Morgan fingerprint density at radius 2 is 2.25 bits per heavy atom. The van der Waals surface area contributed by atoms with Gasteiger partial charge in [0.25, 0.3) is 5.91 Å². The summed E-state index contributed by atoms with van der Waals surface area (Å²) in [5.74, 6) is -0.228. The zero-order valence-electron chi connectivity index (χ0n) is 10.7. The first-order valence-electron chi connectivity index (χ1n) is 5.76. The third kappa shape index (κ3) is 4.18. The molecule has 0 radical (unpaired) electrons.